The Morgan fingerprint density at radius 3 is 2.87 bits per heavy atom. The van der Waals surface area contributed by atoms with Crippen LogP contribution in [0.25, 0.3) is 0 Å². The highest BCUT2D eigenvalue weighted by atomic mass is 35.5. The molecule has 1 aromatic rings. The molecule has 3 nitrogen and oxygen atoms in total. The maximum absolute atomic E-state index is 11.7. The lowest BCUT2D eigenvalue weighted by molar-refractivity contribution is -0.118. The van der Waals surface area contributed by atoms with Crippen molar-refractivity contribution >= 4 is 17.4 Å². The van der Waals surface area contributed by atoms with Crippen molar-refractivity contribution in [3.63, 3.8) is 0 Å². The number of halogens is 1. The molecule has 0 N–H and O–H groups in total. The van der Waals surface area contributed by atoms with Crippen LogP contribution < -0.4 is 0 Å². The van der Waals surface area contributed by atoms with E-state index in [1.165, 1.54) is 0 Å². The van der Waals surface area contributed by atoms with Gasteiger partial charge in [-0.3, -0.25) is 9.48 Å². The first-order valence-electron chi connectivity index (χ1n) is 5.37. The van der Waals surface area contributed by atoms with Crippen LogP contribution in [0, 0.1) is 0 Å². The molecule has 1 unspecified atom stereocenters. The van der Waals surface area contributed by atoms with Gasteiger partial charge in [0.2, 0.25) is 0 Å². The third-order valence-corrected chi connectivity index (χ3v) is 3.20. The highest BCUT2D eigenvalue weighted by Gasteiger charge is 2.31. The molecule has 1 aliphatic carbocycles. The Bertz CT molecular complexity index is 384. The van der Waals surface area contributed by atoms with Crippen molar-refractivity contribution in [1.29, 1.82) is 0 Å². The largest absolute Gasteiger partial charge is 0.299 e. The van der Waals surface area contributed by atoms with Crippen molar-refractivity contribution in [3.05, 3.63) is 16.9 Å². The molecule has 0 bridgehead atoms. The molecule has 0 spiro atoms. The van der Waals surface area contributed by atoms with Gasteiger partial charge in [-0.25, -0.2) is 0 Å². The normalized spacial score (nSPS) is 21.6. The molecule has 1 atom stereocenters. The summed E-state index contributed by atoms with van der Waals surface area (Å²) >= 11 is 6.10. The van der Waals surface area contributed by atoms with Gasteiger partial charge in [-0.05, 0) is 26.7 Å². The predicted octanol–water partition coefficient (Wildman–Crippen LogP) is 2.95. The summed E-state index contributed by atoms with van der Waals surface area (Å²) in [5, 5.41) is 4.86. The minimum absolute atomic E-state index is 0.0256. The second kappa shape index (κ2) is 3.97. The molecule has 0 aliphatic heterocycles. The van der Waals surface area contributed by atoms with Crippen molar-refractivity contribution in [1.82, 2.24) is 9.78 Å². The lowest BCUT2D eigenvalue weighted by atomic mass is 10.0. The Kier molecular flexibility index (Phi) is 2.83. The zero-order valence-corrected chi connectivity index (χ0v) is 9.79. The fourth-order valence-corrected chi connectivity index (χ4v) is 2.46. The van der Waals surface area contributed by atoms with E-state index in [1.807, 2.05) is 18.5 Å². The van der Waals surface area contributed by atoms with Crippen LogP contribution in [0.5, 0.6) is 0 Å². The van der Waals surface area contributed by atoms with Gasteiger partial charge >= 0.3 is 0 Å². The van der Waals surface area contributed by atoms with Gasteiger partial charge in [0.25, 0.3) is 0 Å². The summed E-state index contributed by atoms with van der Waals surface area (Å²) in [6.45, 7) is 4.10. The van der Waals surface area contributed by atoms with E-state index in [1.54, 1.807) is 6.20 Å². The van der Waals surface area contributed by atoms with E-state index in [4.69, 9.17) is 11.6 Å². The molecule has 1 aliphatic rings. The number of carbonyl (C=O) groups is 1. The quantitative estimate of drug-likeness (QED) is 0.777. The SMILES string of the molecule is CC(C)n1ncc(Cl)c1C1CCCC1=O. The fourth-order valence-electron chi connectivity index (χ4n) is 2.19. The summed E-state index contributed by atoms with van der Waals surface area (Å²) in [5.41, 5.74) is 0.911. The summed E-state index contributed by atoms with van der Waals surface area (Å²) in [6.07, 6.45) is 4.22. The Hall–Kier alpha value is -0.830. The second-order valence-corrected chi connectivity index (χ2v) is 4.73. The topological polar surface area (TPSA) is 34.9 Å². The molecule has 82 valence electrons. The average molecular weight is 227 g/mol. The third-order valence-electron chi connectivity index (χ3n) is 2.91. The van der Waals surface area contributed by atoms with E-state index in [0.29, 0.717) is 17.2 Å². The van der Waals surface area contributed by atoms with Crippen molar-refractivity contribution in [2.75, 3.05) is 0 Å². The fraction of sp³-hybridized carbons (Fsp3) is 0.636. The van der Waals surface area contributed by atoms with E-state index < -0.39 is 0 Å². The van der Waals surface area contributed by atoms with E-state index in [-0.39, 0.29) is 12.0 Å². The van der Waals surface area contributed by atoms with Crippen molar-refractivity contribution in [3.8, 4) is 0 Å². The van der Waals surface area contributed by atoms with Gasteiger partial charge in [0, 0.05) is 12.5 Å². The van der Waals surface area contributed by atoms with Crippen molar-refractivity contribution in [2.24, 2.45) is 0 Å². The molecular weight excluding hydrogens is 212 g/mol. The van der Waals surface area contributed by atoms with Crippen LogP contribution in [0.15, 0.2) is 6.20 Å². The molecule has 1 saturated carbocycles. The number of hydrogen-bond donors (Lipinski definition) is 0. The lowest BCUT2D eigenvalue weighted by Crippen LogP contribution is -2.14. The molecule has 15 heavy (non-hydrogen) atoms. The highest BCUT2D eigenvalue weighted by molar-refractivity contribution is 6.31. The molecule has 1 fully saturated rings. The Labute approximate surface area is 94.4 Å². The maximum atomic E-state index is 11.7. The summed E-state index contributed by atoms with van der Waals surface area (Å²) in [6, 6.07) is 0.251. The van der Waals surface area contributed by atoms with E-state index in [9.17, 15) is 4.79 Å². The smallest absolute Gasteiger partial charge is 0.141 e. The van der Waals surface area contributed by atoms with Gasteiger partial charge in [0.15, 0.2) is 0 Å². The van der Waals surface area contributed by atoms with Crippen molar-refractivity contribution < 1.29 is 4.79 Å². The molecule has 1 heterocycles. The van der Waals surface area contributed by atoms with Crippen LogP contribution in [0.2, 0.25) is 5.02 Å². The van der Waals surface area contributed by atoms with Crippen LogP contribution in [-0.2, 0) is 4.79 Å². The highest BCUT2D eigenvalue weighted by Crippen LogP contribution is 2.36. The van der Waals surface area contributed by atoms with Gasteiger partial charge < -0.3 is 0 Å². The van der Waals surface area contributed by atoms with Crippen LogP contribution in [0.1, 0.15) is 50.8 Å². The number of ketones is 1. The zero-order valence-electron chi connectivity index (χ0n) is 9.03. The number of carbonyl (C=O) groups excluding carboxylic acids is 1. The summed E-state index contributed by atoms with van der Waals surface area (Å²) < 4.78 is 1.87. The molecule has 0 aromatic carbocycles. The Balaban J connectivity index is 2.41. The first-order chi connectivity index (χ1) is 7.11. The zero-order chi connectivity index (χ0) is 11.0. The van der Waals surface area contributed by atoms with E-state index >= 15 is 0 Å². The first-order valence-corrected chi connectivity index (χ1v) is 5.74. The molecule has 0 radical (unpaired) electrons. The summed E-state index contributed by atoms with van der Waals surface area (Å²) in [7, 11) is 0. The van der Waals surface area contributed by atoms with E-state index in [0.717, 1.165) is 18.5 Å². The monoisotopic (exact) mass is 226 g/mol. The van der Waals surface area contributed by atoms with Crippen LogP contribution in [-0.4, -0.2) is 15.6 Å². The minimum Gasteiger partial charge on any atom is -0.299 e. The molecule has 2 rings (SSSR count). The van der Waals surface area contributed by atoms with Gasteiger partial charge in [-0.15, -0.1) is 0 Å². The number of nitrogens with zero attached hydrogens (tertiary/aromatic N) is 2. The second-order valence-electron chi connectivity index (χ2n) is 4.33. The van der Waals surface area contributed by atoms with Crippen LogP contribution in [0.4, 0.5) is 0 Å². The third kappa shape index (κ3) is 1.81. The first kappa shape index (κ1) is 10.7. The minimum atomic E-state index is -0.0256. The molecule has 1 aromatic heterocycles. The molecule has 0 amide bonds. The van der Waals surface area contributed by atoms with Crippen molar-refractivity contribution in [2.45, 2.75) is 45.1 Å². The van der Waals surface area contributed by atoms with Gasteiger partial charge in [-0.2, -0.15) is 5.10 Å². The molecular formula is C11H15ClN2O. The number of rotatable bonds is 2. The maximum Gasteiger partial charge on any atom is 0.141 e. The lowest BCUT2D eigenvalue weighted by Gasteiger charge is -2.15. The number of Topliss-reactive ketones (excluding diaryl/α,β-unsaturated/α-hetero) is 1. The van der Waals surface area contributed by atoms with E-state index in [2.05, 4.69) is 5.10 Å². The van der Waals surface area contributed by atoms with Gasteiger partial charge in [-0.1, -0.05) is 11.6 Å². The van der Waals surface area contributed by atoms with Gasteiger partial charge in [0.05, 0.1) is 22.8 Å². The Morgan fingerprint density at radius 2 is 2.33 bits per heavy atom. The van der Waals surface area contributed by atoms with Crippen LogP contribution >= 0.6 is 11.6 Å². The number of hydrogen-bond acceptors (Lipinski definition) is 2. The van der Waals surface area contributed by atoms with Gasteiger partial charge in [0.1, 0.15) is 5.78 Å². The summed E-state index contributed by atoms with van der Waals surface area (Å²) in [5.74, 6) is 0.279. The molecule has 4 heteroatoms. The van der Waals surface area contributed by atoms with Crippen LogP contribution in [0.3, 0.4) is 0 Å². The Morgan fingerprint density at radius 1 is 1.60 bits per heavy atom. The average Bonchev–Trinajstić information content (AvgIpc) is 2.71. The predicted molar refractivity (Wildman–Crippen MR) is 59.2 cm³/mol. The standard InChI is InChI=1S/C11H15ClN2O/c1-7(2)14-11(9(12)6-13-14)8-4-3-5-10(8)15/h6-8H,3-5H2,1-2H3. The molecule has 0 saturated heterocycles. The summed E-state index contributed by atoms with van der Waals surface area (Å²) in [4.78, 5) is 11.7. The number of aromatic nitrogens is 2.